The molecule has 25 heavy (non-hydrogen) atoms. The van der Waals surface area contributed by atoms with E-state index in [0.29, 0.717) is 10.9 Å². The van der Waals surface area contributed by atoms with Crippen molar-refractivity contribution < 1.29 is 4.79 Å². The molecule has 0 saturated heterocycles. The number of hydrogen-bond acceptors (Lipinski definition) is 2. The summed E-state index contributed by atoms with van der Waals surface area (Å²) in [6, 6.07) is 15.5. The Morgan fingerprint density at radius 1 is 1.16 bits per heavy atom. The molecule has 0 atom stereocenters. The van der Waals surface area contributed by atoms with Crippen LogP contribution in [0.3, 0.4) is 0 Å². The number of para-hydroxylation sites is 1. The smallest absolute Gasteiger partial charge is 0.251 e. The first-order valence-electron chi connectivity index (χ1n) is 7.57. The van der Waals surface area contributed by atoms with E-state index in [9.17, 15) is 4.79 Å². The maximum Gasteiger partial charge on any atom is 0.251 e. The average molecular weight is 328 g/mol. The molecule has 0 radical (unpaired) electrons. The summed E-state index contributed by atoms with van der Waals surface area (Å²) in [4.78, 5) is 17.5. The van der Waals surface area contributed by atoms with Crippen molar-refractivity contribution in [2.45, 2.75) is 0 Å². The van der Waals surface area contributed by atoms with Gasteiger partial charge in [0.2, 0.25) is 0 Å². The van der Waals surface area contributed by atoms with Gasteiger partial charge in [-0.05, 0) is 40.5 Å². The Hall–Kier alpha value is -3.83. The second kappa shape index (κ2) is 5.99. The van der Waals surface area contributed by atoms with Crippen molar-refractivity contribution in [2.75, 3.05) is 0 Å². The zero-order valence-corrected chi connectivity index (χ0v) is 13.0. The Labute approximate surface area is 142 Å². The van der Waals surface area contributed by atoms with E-state index in [1.807, 2.05) is 54.7 Å². The Morgan fingerprint density at radius 3 is 2.80 bits per heavy atom. The van der Waals surface area contributed by atoms with Crippen LogP contribution in [0.2, 0.25) is 0 Å². The van der Waals surface area contributed by atoms with Crippen LogP contribution >= 0.6 is 0 Å². The lowest BCUT2D eigenvalue weighted by molar-refractivity contribution is 0.100. The normalized spacial score (nSPS) is 10.6. The lowest BCUT2D eigenvalue weighted by Crippen LogP contribution is -1.92. The number of carbonyl (C=O) groups excluding carboxylic acids is 1. The van der Waals surface area contributed by atoms with Crippen LogP contribution in [0.25, 0.3) is 38.2 Å². The summed E-state index contributed by atoms with van der Waals surface area (Å²) in [5.74, 6) is -0.606. The first-order chi connectivity index (χ1) is 12.3. The van der Waals surface area contributed by atoms with Crippen molar-refractivity contribution in [1.82, 2.24) is 14.8 Å². The van der Waals surface area contributed by atoms with Crippen molar-refractivity contribution in [2.24, 2.45) is 5.11 Å². The molecule has 1 amide bonds. The molecule has 0 aliphatic carbocycles. The third-order valence-electron chi connectivity index (χ3n) is 3.98. The summed E-state index contributed by atoms with van der Waals surface area (Å²) in [5, 5.41) is 8.27. The van der Waals surface area contributed by atoms with Crippen molar-refractivity contribution in [1.29, 1.82) is 0 Å². The number of azide groups is 1. The van der Waals surface area contributed by atoms with Crippen molar-refractivity contribution in [3.05, 3.63) is 83.1 Å². The monoisotopic (exact) mass is 328 g/mol. The highest BCUT2D eigenvalue weighted by molar-refractivity contribution is 6.08. The first kappa shape index (κ1) is 14.7. The number of aromatic nitrogens is 3. The Bertz CT molecular complexity index is 1120. The number of carbonyl (C=O) groups is 1. The molecular formula is C18H12N6O. The maximum atomic E-state index is 11.9. The van der Waals surface area contributed by atoms with Crippen LogP contribution in [-0.4, -0.2) is 20.7 Å². The van der Waals surface area contributed by atoms with Gasteiger partial charge in [-0.3, -0.25) is 4.79 Å². The summed E-state index contributed by atoms with van der Waals surface area (Å²) < 4.78 is 1.79. The molecule has 7 nitrogen and oxygen atoms in total. The predicted octanol–water partition coefficient (Wildman–Crippen LogP) is 4.47. The van der Waals surface area contributed by atoms with Gasteiger partial charge in [-0.1, -0.05) is 24.3 Å². The largest absolute Gasteiger partial charge is 0.360 e. The number of benzene rings is 2. The molecule has 0 saturated carbocycles. The summed E-state index contributed by atoms with van der Waals surface area (Å²) in [5.41, 5.74) is 12.4. The lowest BCUT2D eigenvalue weighted by Gasteiger charge is -2.01. The third-order valence-corrected chi connectivity index (χ3v) is 3.98. The fourth-order valence-electron chi connectivity index (χ4n) is 2.77. The Morgan fingerprint density at radius 2 is 2.00 bits per heavy atom. The second-order valence-corrected chi connectivity index (χ2v) is 5.47. The zero-order valence-electron chi connectivity index (χ0n) is 13.0. The van der Waals surface area contributed by atoms with Gasteiger partial charge in [-0.2, -0.15) is 5.10 Å². The minimum atomic E-state index is -0.606. The molecule has 0 aliphatic rings. The standard InChI is InChI=1S/C18H12N6O/c19-23-22-18(25)16-10-20-17-7-6-12(8-15(16)17)13-9-21-24(11-13)14-4-2-1-3-5-14/h1-11,20H. The quantitative estimate of drug-likeness (QED) is 0.341. The number of nitrogens with zero attached hydrogens (tertiary/aromatic N) is 5. The molecule has 2 aromatic carbocycles. The SMILES string of the molecule is [N-]=[N+]=NC(=O)c1c[nH]c2ccc(-c3cnn(-c4ccccc4)c3)cc12. The highest BCUT2D eigenvalue weighted by Crippen LogP contribution is 2.27. The average Bonchev–Trinajstić information content (AvgIpc) is 3.29. The van der Waals surface area contributed by atoms with Crippen molar-refractivity contribution >= 4 is 16.8 Å². The summed E-state index contributed by atoms with van der Waals surface area (Å²) in [7, 11) is 0. The first-order valence-corrected chi connectivity index (χ1v) is 7.57. The van der Waals surface area contributed by atoms with Gasteiger partial charge in [0.25, 0.3) is 5.91 Å². The predicted molar refractivity (Wildman–Crippen MR) is 94.3 cm³/mol. The van der Waals surface area contributed by atoms with Crippen LogP contribution in [0, 0.1) is 0 Å². The van der Waals surface area contributed by atoms with Gasteiger partial charge in [0.15, 0.2) is 0 Å². The number of aromatic amines is 1. The fourth-order valence-corrected chi connectivity index (χ4v) is 2.77. The molecule has 4 aromatic rings. The topological polar surface area (TPSA) is 99.4 Å². The van der Waals surface area contributed by atoms with Crippen LogP contribution in [0.15, 0.2) is 72.2 Å². The van der Waals surface area contributed by atoms with Gasteiger partial charge in [0, 0.05) is 39.3 Å². The van der Waals surface area contributed by atoms with E-state index >= 15 is 0 Å². The molecule has 0 fully saturated rings. The van der Waals surface area contributed by atoms with Crippen LogP contribution < -0.4 is 0 Å². The fraction of sp³-hybridized carbons (Fsp3) is 0. The Balaban J connectivity index is 1.77. The molecule has 1 N–H and O–H groups in total. The van der Waals surface area contributed by atoms with Gasteiger partial charge in [0.1, 0.15) is 0 Å². The van der Waals surface area contributed by atoms with Crippen LogP contribution in [0.1, 0.15) is 10.4 Å². The molecule has 2 aromatic heterocycles. The van der Waals surface area contributed by atoms with E-state index in [1.165, 1.54) is 0 Å². The molecule has 2 heterocycles. The number of nitrogens with one attached hydrogen (secondary N) is 1. The van der Waals surface area contributed by atoms with E-state index in [2.05, 4.69) is 20.1 Å². The minimum Gasteiger partial charge on any atom is -0.360 e. The minimum absolute atomic E-state index is 0.352. The highest BCUT2D eigenvalue weighted by Gasteiger charge is 2.12. The molecule has 0 aliphatic heterocycles. The van der Waals surface area contributed by atoms with Gasteiger partial charge in [-0.25, -0.2) is 4.68 Å². The highest BCUT2D eigenvalue weighted by atomic mass is 16.1. The van der Waals surface area contributed by atoms with Gasteiger partial charge in [0.05, 0.1) is 11.9 Å². The van der Waals surface area contributed by atoms with Crippen LogP contribution in [-0.2, 0) is 0 Å². The third kappa shape index (κ3) is 2.65. The number of rotatable bonds is 3. The number of amides is 1. The maximum absolute atomic E-state index is 11.9. The molecule has 4 rings (SSSR count). The van der Waals surface area contributed by atoms with E-state index < -0.39 is 5.91 Å². The van der Waals surface area contributed by atoms with Crippen LogP contribution in [0.5, 0.6) is 0 Å². The van der Waals surface area contributed by atoms with Crippen LogP contribution in [0.4, 0.5) is 0 Å². The van der Waals surface area contributed by atoms with Gasteiger partial charge >= 0.3 is 0 Å². The molecular weight excluding hydrogens is 316 g/mol. The lowest BCUT2D eigenvalue weighted by atomic mass is 10.1. The zero-order chi connectivity index (χ0) is 17.2. The summed E-state index contributed by atoms with van der Waals surface area (Å²) >= 11 is 0. The molecule has 0 spiro atoms. The van der Waals surface area contributed by atoms with E-state index in [0.717, 1.165) is 22.3 Å². The van der Waals surface area contributed by atoms with Gasteiger partial charge in [-0.15, -0.1) is 0 Å². The van der Waals surface area contributed by atoms with Crippen molar-refractivity contribution in [3.8, 4) is 16.8 Å². The summed E-state index contributed by atoms with van der Waals surface area (Å²) in [6.45, 7) is 0. The molecule has 120 valence electrons. The Kier molecular flexibility index (Phi) is 3.53. The molecule has 7 heteroatoms. The van der Waals surface area contributed by atoms with E-state index in [4.69, 9.17) is 5.53 Å². The van der Waals surface area contributed by atoms with E-state index in [1.54, 1.807) is 17.1 Å². The van der Waals surface area contributed by atoms with Crippen molar-refractivity contribution in [3.63, 3.8) is 0 Å². The van der Waals surface area contributed by atoms with Gasteiger partial charge < -0.3 is 4.98 Å². The molecule has 0 unspecified atom stereocenters. The summed E-state index contributed by atoms with van der Waals surface area (Å²) in [6.07, 6.45) is 5.26. The van der Waals surface area contributed by atoms with E-state index in [-0.39, 0.29) is 0 Å². The molecule has 0 bridgehead atoms. The number of fused-ring (bicyclic) bond motifs is 1. The second-order valence-electron chi connectivity index (χ2n) is 5.47. The number of hydrogen-bond donors (Lipinski definition) is 1. The number of H-pyrrole nitrogens is 1.